The predicted molar refractivity (Wildman–Crippen MR) is 83.9 cm³/mol. The monoisotopic (exact) mass is 335 g/mol. The molecule has 0 aliphatic rings. The van der Waals surface area contributed by atoms with Gasteiger partial charge in [-0.25, -0.2) is 0 Å². The number of unbranched alkanes of at least 4 members (excludes halogenated alkanes) is 8. The van der Waals surface area contributed by atoms with Crippen LogP contribution in [0.1, 0.15) is 78.1 Å². The average Bonchev–Trinajstić information content (AvgIpc) is 2.24. The zero-order chi connectivity index (χ0) is 13.9. The van der Waals surface area contributed by atoms with Crippen molar-refractivity contribution in [1.29, 1.82) is 0 Å². The van der Waals surface area contributed by atoms with Crippen molar-refractivity contribution in [2.24, 2.45) is 5.92 Å². The minimum Gasteiger partial charge on any atom is -1.00 e. The SMILES string of the molecule is CC(C)CCCCCCCCCCC[N+](C)(C)C.[Br-]. The molecule has 0 saturated carbocycles. The van der Waals surface area contributed by atoms with E-state index >= 15 is 0 Å². The number of halogens is 1. The lowest BCUT2D eigenvalue weighted by atomic mass is 10.0. The number of rotatable bonds is 12. The molecule has 0 aliphatic heterocycles. The van der Waals surface area contributed by atoms with E-state index in [0.717, 1.165) is 10.4 Å². The summed E-state index contributed by atoms with van der Waals surface area (Å²) >= 11 is 0. The Morgan fingerprint density at radius 1 is 0.632 bits per heavy atom. The first kappa shape index (κ1) is 21.7. The van der Waals surface area contributed by atoms with Gasteiger partial charge >= 0.3 is 0 Å². The zero-order valence-electron chi connectivity index (χ0n) is 14.2. The lowest BCUT2D eigenvalue weighted by Gasteiger charge is -2.23. The van der Waals surface area contributed by atoms with E-state index in [-0.39, 0.29) is 17.0 Å². The third-order valence-corrected chi connectivity index (χ3v) is 3.61. The summed E-state index contributed by atoms with van der Waals surface area (Å²) in [4.78, 5) is 0. The molecule has 0 aromatic heterocycles. The van der Waals surface area contributed by atoms with Crippen molar-refractivity contribution in [3.05, 3.63) is 0 Å². The number of quaternary nitrogens is 1. The molecule has 0 saturated heterocycles. The second kappa shape index (κ2) is 13.4. The zero-order valence-corrected chi connectivity index (χ0v) is 15.8. The van der Waals surface area contributed by atoms with E-state index in [1.807, 2.05) is 0 Å². The van der Waals surface area contributed by atoms with Crippen LogP contribution in [0.5, 0.6) is 0 Å². The fraction of sp³-hybridized carbons (Fsp3) is 1.00. The van der Waals surface area contributed by atoms with Crippen LogP contribution in [0.3, 0.4) is 0 Å². The van der Waals surface area contributed by atoms with Crippen molar-refractivity contribution >= 4 is 0 Å². The van der Waals surface area contributed by atoms with Crippen LogP contribution in [0.15, 0.2) is 0 Å². The van der Waals surface area contributed by atoms with Crippen molar-refractivity contribution in [1.82, 2.24) is 0 Å². The first-order valence-electron chi connectivity index (χ1n) is 8.22. The molecular weight excluding hydrogens is 298 g/mol. The molecule has 118 valence electrons. The summed E-state index contributed by atoms with van der Waals surface area (Å²) in [6.07, 6.45) is 14.5. The highest BCUT2D eigenvalue weighted by atomic mass is 79.9. The first-order chi connectivity index (χ1) is 8.42. The molecule has 0 aliphatic carbocycles. The van der Waals surface area contributed by atoms with Gasteiger partial charge in [-0.15, -0.1) is 0 Å². The lowest BCUT2D eigenvalue weighted by molar-refractivity contribution is -0.870. The van der Waals surface area contributed by atoms with Gasteiger partial charge in [0.25, 0.3) is 0 Å². The molecule has 0 atom stereocenters. The summed E-state index contributed by atoms with van der Waals surface area (Å²) in [5, 5.41) is 0. The maximum atomic E-state index is 2.33. The van der Waals surface area contributed by atoms with Gasteiger partial charge in [-0.2, -0.15) is 0 Å². The van der Waals surface area contributed by atoms with Gasteiger partial charge in [0, 0.05) is 0 Å². The Kier molecular flexibility index (Phi) is 15.4. The van der Waals surface area contributed by atoms with Crippen molar-refractivity contribution in [3.8, 4) is 0 Å². The molecule has 0 aromatic carbocycles. The van der Waals surface area contributed by atoms with E-state index < -0.39 is 0 Å². The van der Waals surface area contributed by atoms with Gasteiger partial charge in [-0.1, -0.05) is 65.2 Å². The summed E-state index contributed by atoms with van der Waals surface area (Å²) in [6, 6.07) is 0. The Hall–Kier alpha value is 0.440. The molecule has 0 heterocycles. The molecule has 0 rings (SSSR count). The Morgan fingerprint density at radius 3 is 1.37 bits per heavy atom. The molecule has 1 nitrogen and oxygen atoms in total. The van der Waals surface area contributed by atoms with E-state index in [1.54, 1.807) is 0 Å². The van der Waals surface area contributed by atoms with Crippen LogP contribution < -0.4 is 17.0 Å². The van der Waals surface area contributed by atoms with Crippen LogP contribution >= 0.6 is 0 Å². The smallest absolute Gasteiger partial charge is 0.0780 e. The van der Waals surface area contributed by atoms with Gasteiger partial charge in [0.15, 0.2) is 0 Å². The molecule has 0 fully saturated rings. The highest BCUT2D eigenvalue weighted by molar-refractivity contribution is 4.49. The minimum absolute atomic E-state index is 0. The fourth-order valence-electron chi connectivity index (χ4n) is 2.38. The molecule has 0 unspecified atom stereocenters. The van der Waals surface area contributed by atoms with Gasteiger partial charge in [-0.05, 0) is 18.8 Å². The van der Waals surface area contributed by atoms with E-state index in [0.29, 0.717) is 0 Å². The van der Waals surface area contributed by atoms with Crippen LogP contribution in [0, 0.1) is 5.92 Å². The summed E-state index contributed by atoms with van der Waals surface area (Å²) in [7, 11) is 6.87. The van der Waals surface area contributed by atoms with E-state index in [9.17, 15) is 0 Å². The van der Waals surface area contributed by atoms with Crippen LogP contribution in [-0.2, 0) is 0 Å². The Bertz CT molecular complexity index is 173. The average molecular weight is 336 g/mol. The van der Waals surface area contributed by atoms with Gasteiger partial charge < -0.3 is 21.5 Å². The molecular formula is C17H38BrN. The van der Waals surface area contributed by atoms with Crippen LogP contribution in [0.2, 0.25) is 0 Å². The van der Waals surface area contributed by atoms with Gasteiger partial charge in [0.05, 0.1) is 27.7 Å². The number of hydrogen-bond acceptors (Lipinski definition) is 0. The first-order valence-corrected chi connectivity index (χ1v) is 8.22. The topological polar surface area (TPSA) is 0 Å². The van der Waals surface area contributed by atoms with Crippen molar-refractivity contribution in [2.45, 2.75) is 78.1 Å². The Morgan fingerprint density at radius 2 is 1.00 bits per heavy atom. The largest absolute Gasteiger partial charge is 1.00 e. The number of nitrogens with zero attached hydrogens (tertiary/aromatic N) is 1. The van der Waals surface area contributed by atoms with E-state index in [4.69, 9.17) is 0 Å². The summed E-state index contributed by atoms with van der Waals surface area (Å²) < 4.78 is 1.12. The second-order valence-electron chi connectivity index (χ2n) is 7.38. The Balaban J connectivity index is 0. The highest BCUT2D eigenvalue weighted by Crippen LogP contribution is 2.13. The highest BCUT2D eigenvalue weighted by Gasteiger charge is 2.04. The number of hydrogen-bond donors (Lipinski definition) is 0. The van der Waals surface area contributed by atoms with Crippen molar-refractivity contribution in [2.75, 3.05) is 27.7 Å². The maximum absolute atomic E-state index is 2.33. The predicted octanol–water partition coefficient (Wildman–Crippen LogP) is 2.25. The van der Waals surface area contributed by atoms with Crippen LogP contribution in [0.25, 0.3) is 0 Å². The lowest BCUT2D eigenvalue weighted by Crippen LogP contribution is -3.00. The van der Waals surface area contributed by atoms with Gasteiger partial charge in [-0.3, -0.25) is 0 Å². The third-order valence-electron chi connectivity index (χ3n) is 3.61. The Labute approximate surface area is 133 Å². The second-order valence-corrected chi connectivity index (χ2v) is 7.38. The van der Waals surface area contributed by atoms with Crippen molar-refractivity contribution in [3.63, 3.8) is 0 Å². The molecule has 0 N–H and O–H groups in total. The normalized spacial score (nSPS) is 11.7. The van der Waals surface area contributed by atoms with Gasteiger partial charge in [0.1, 0.15) is 0 Å². The van der Waals surface area contributed by atoms with E-state index in [1.165, 1.54) is 70.8 Å². The molecule has 2 heteroatoms. The van der Waals surface area contributed by atoms with E-state index in [2.05, 4.69) is 35.0 Å². The minimum atomic E-state index is 0. The molecule has 0 aromatic rings. The molecule has 0 amide bonds. The standard InChI is InChI=1S/C17H38N.BrH/c1-17(2)15-13-11-9-7-6-8-10-12-14-16-18(3,4)5;/h17H,6-16H2,1-5H3;1H/q+1;/p-1. The summed E-state index contributed by atoms with van der Waals surface area (Å²) in [6.45, 7) is 5.99. The summed E-state index contributed by atoms with van der Waals surface area (Å²) in [5.74, 6) is 0.895. The van der Waals surface area contributed by atoms with Crippen molar-refractivity contribution < 1.29 is 21.5 Å². The molecule has 19 heavy (non-hydrogen) atoms. The molecule has 0 bridgehead atoms. The third kappa shape index (κ3) is 20.9. The van der Waals surface area contributed by atoms with Crippen LogP contribution in [0.4, 0.5) is 0 Å². The van der Waals surface area contributed by atoms with Gasteiger partial charge in [0.2, 0.25) is 0 Å². The molecule has 0 spiro atoms. The molecule has 0 radical (unpaired) electrons. The van der Waals surface area contributed by atoms with Crippen LogP contribution in [-0.4, -0.2) is 32.2 Å². The quantitative estimate of drug-likeness (QED) is 0.379. The fourth-order valence-corrected chi connectivity index (χ4v) is 2.38. The maximum Gasteiger partial charge on any atom is 0.0780 e. The summed E-state index contributed by atoms with van der Waals surface area (Å²) in [5.41, 5.74) is 0.